The Morgan fingerprint density at radius 3 is 2.96 bits per heavy atom. The molecule has 140 valence electrons. The molecule has 1 aliphatic rings. The highest BCUT2D eigenvalue weighted by atomic mass is 16.3. The van der Waals surface area contributed by atoms with Crippen LogP contribution in [0.4, 0.5) is 0 Å². The summed E-state index contributed by atoms with van der Waals surface area (Å²) in [6, 6.07) is 13.9. The lowest BCUT2D eigenvalue weighted by molar-refractivity contribution is 0.0759. The molecule has 1 aromatic carbocycles. The van der Waals surface area contributed by atoms with Crippen molar-refractivity contribution in [2.75, 3.05) is 13.1 Å². The number of hydrogen-bond acceptors (Lipinski definition) is 4. The molecule has 0 aliphatic carbocycles. The molecular formula is C21H24N4O2. The zero-order chi connectivity index (χ0) is 18.8. The van der Waals surface area contributed by atoms with Gasteiger partial charge in [-0.05, 0) is 31.0 Å². The number of para-hydroxylation sites is 1. The third kappa shape index (κ3) is 3.71. The van der Waals surface area contributed by atoms with E-state index in [1.807, 2.05) is 36.4 Å². The van der Waals surface area contributed by atoms with Gasteiger partial charge in [-0.2, -0.15) is 5.10 Å². The number of likely N-dealkylation sites (tertiary alicyclic amines) is 1. The second kappa shape index (κ2) is 7.48. The van der Waals surface area contributed by atoms with Crippen LogP contribution in [0, 0.1) is 5.92 Å². The van der Waals surface area contributed by atoms with Crippen molar-refractivity contribution < 1.29 is 9.90 Å². The van der Waals surface area contributed by atoms with Gasteiger partial charge in [0.1, 0.15) is 5.69 Å². The number of pyridine rings is 1. The van der Waals surface area contributed by atoms with E-state index in [4.69, 9.17) is 4.98 Å². The summed E-state index contributed by atoms with van der Waals surface area (Å²) in [5.74, 6) is -0.140. The summed E-state index contributed by atoms with van der Waals surface area (Å²) in [6.07, 6.45) is 1.98. The largest absolute Gasteiger partial charge is 0.391 e. The molecule has 2 aromatic heterocycles. The first-order valence-corrected chi connectivity index (χ1v) is 9.50. The van der Waals surface area contributed by atoms with E-state index < -0.39 is 6.10 Å². The van der Waals surface area contributed by atoms with Crippen LogP contribution in [0.3, 0.4) is 0 Å². The molecule has 6 nitrogen and oxygen atoms in total. The molecule has 27 heavy (non-hydrogen) atoms. The molecule has 0 radical (unpaired) electrons. The van der Waals surface area contributed by atoms with Crippen molar-refractivity contribution in [2.45, 2.75) is 32.3 Å². The number of benzene rings is 1. The van der Waals surface area contributed by atoms with Crippen molar-refractivity contribution in [2.24, 2.45) is 5.92 Å². The van der Waals surface area contributed by atoms with Crippen molar-refractivity contribution in [1.29, 1.82) is 0 Å². The number of hydrogen-bond donors (Lipinski definition) is 2. The first-order valence-electron chi connectivity index (χ1n) is 9.50. The fraction of sp³-hybridized carbons (Fsp3) is 0.381. The maximum Gasteiger partial charge on any atom is 0.274 e. The number of H-pyrrole nitrogens is 1. The first-order chi connectivity index (χ1) is 13.1. The maximum absolute atomic E-state index is 12.7. The quantitative estimate of drug-likeness (QED) is 0.729. The van der Waals surface area contributed by atoms with E-state index >= 15 is 0 Å². The van der Waals surface area contributed by atoms with Crippen LogP contribution in [-0.2, 0) is 12.8 Å². The van der Waals surface area contributed by atoms with E-state index in [1.165, 1.54) is 0 Å². The zero-order valence-electron chi connectivity index (χ0n) is 15.4. The fourth-order valence-electron chi connectivity index (χ4n) is 3.74. The number of amides is 1. The fourth-order valence-corrected chi connectivity index (χ4v) is 3.74. The molecule has 1 saturated heterocycles. The molecule has 0 saturated carbocycles. The van der Waals surface area contributed by atoms with Gasteiger partial charge >= 0.3 is 0 Å². The Balaban J connectivity index is 1.44. The number of carbonyl (C=O) groups excluding carboxylic acids is 1. The van der Waals surface area contributed by atoms with Gasteiger partial charge in [-0.25, -0.2) is 0 Å². The van der Waals surface area contributed by atoms with Crippen LogP contribution in [-0.4, -0.2) is 50.3 Å². The molecule has 0 spiro atoms. The summed E-state index contributed by atoms with van der Waals surface area (Å²) in [5.41, 5.74) is 3.29. The van der Waals surface area contributed by atoms with Gasteiger partial charge in [0.05, 0.1) is 11.6 Å². The van der Waals surface area contributed by atoms with Gasteiger partial charge in [-0.3, -0.25) is 14.9 Å². The van der Waals surface area contributed by atoms with Crippen LogP contribution in [0.2, 0.25) is 0 Å². The smallest absolute Gasteiger partial charge is 0.274 e. The van der Waals surface area contributed by atoms with Gasteiger partial charge < -0.3 is 10.0 Å². The molecule has 0 bridgehead atoms. The van der Waals surface area contributed by atoms with Crippen LogP contribution >= 0.6 is 0 Å². The van der Waals surface area contributed by atoms with Crippen molar-refractivity contribution >= 4 is 16.8 Å². The molecule has 3 aromatic rings. The van der Waals surface area contributed by atoms with Crippen LogP contribution in [0.5, 0.6) is 0 Å². The predicted molar refractivity (Wildman–Crippen MR) is 103 cm³/mol. The van der Waals surface area contributed by atoms with E-state index in [0.717, 1.165) is 35.1 Å². The number of aliphatic hydroxyl groups excluding tert-OH is 1. The van der Waals surface area contributed by atoms with Gasteiger partial charge in [-0.1, -0.05) is 37.6 Å². The number of fused-ring (bicyclic) bond motifs is 1. The summed E-state index contributed by atoms with van der Waals surface area (Å²) in [6.45, 7) is 2.95. The topological polar surface area (TPSA) is 82.1 Å². The molecule has 4 rings (SSSR count). The first kappa shape index (κ1) is 17.7. The third-order valence-electron chi connectivity index (χ3n) is 5.19. The molecule has 1 amide bonds. The van der Waals surface area contributed by atoms with E-state index in [1.54, 1.807) is 4.90 Å². The van der Waals surface area contributed by atoms with Crippen LogP contribution in [0.1, 0.15) is 35.2 Å². The minimum absolute atomic E-state index is 0.0170. The Morgan fingerprint density at radius 2 is 2.11 bits per heavy atom. The van der Waals surface area contributed by atoms with Gasteiger partial charge in [0.15, 0.2) is 0 Å². The van der Waals surface area contributed by atoms with Crippen molar-refractivity contribution in [1.82, 2.24) is 20.1 Å². The number of aryl methyl sites for hydroxylation is 1. The van der Waals surface area contributed by atoms with Gasteiger partial charge in [-0.15, -0.1) is 0 Å². The Bertz CT molecular complexity index is 952. The molecule has 6 heteroatoms. The summed E-state index contributed by atoms with van der Waals surface area (Å²) >= 11 is 0. The molecule has 2 atom stereocenters. The van der Waals surface area contributed by atoms with E-state index in [2.05, 4.69) is 23.2 Å². The van der Waals surface area contributed by atoms with Crippen molar-refractivity contribution in [3.63, 3.8) is 0 Å². The number of β-amino-alcohol motifs (C(OH)–C–C–N with tert-alkyl or cyclic N) is 1. The number of aromatic nitrogens is 3. The minimum Gasteiger partial charge on any atom is -0.391 e. The SMILES string of the molecule is CCCc1cc(C(=O)N2C[C@@H](Cc3ccc4ccccc4n3)[C@H](O)C2)n[nH]1. The number of aromatic amines is 1. The van der Waals surface area contributed by atoms with E-state index in [0.29, 0.717) is 25.2 Å². The van der Waals surface area contributed by atoms with Gasteiger partial charge in [0, 0.05) is 35.8 Å². The van der Waals surface area contributed by atoms with Crippen LogP contribution in [0.15, 0.2) is 42.5 Å². The number of rotatable bonds is 5. The lowest BCUT2D eigenvalue weighted by Crippen LogP contribution is -2.29. The summed E-state index contributed by atoms with van der Waals surface area (Å²) < 4.78 is 0. The van der Waals surface area contributed by atoms with E-state index in [-0.39, 0.29) is 11.8 Å². The second-order valence-corrected chi connectivity index (χ2v) is 7.27. The number of aliphatic hydroxyl groups is 1. The summed E-state index contributed by atoms with van der Waals surface area (Å²) in [5, 5.41) is 18.6. The van der Waals surface area contributed by atoms with E-state index in [9.17, 15) is 9.90 Å². The highest BCUT2D eigenvalue weighted by Crippen LogP contribution is 2.23. The molecular weight excluding hydrogens is 340 g/mol. The maximum atomic E-state index is 12.7. The lowest BCUT2D eigenvalue weighted by atomic mass is 9.99. The highest BCUT2D eigenvalue weighted by molar-refractivity contribution is 5.92. The average molecular weight is 364 g/mol. The normalized spacial score (nSPS) is 19.7. The highest BCUT2D eigenvalue weighted by Gasteiger charge is 2.35. The number of nitrogens with zero attached hydrogens (tertiary/aromatic N) is 3. The molecule has 3 heterocycles. The monoisotopic (exact) mass is 364 g/mol. The van der Waals surface area contributed by atoms with Crippen LogP contribution < -0.4 is 0 Å². The Kier molecular flexibility index (Phi) is 4.90. The van der Waals surface area contributed by atoms with Gasteiger partial charge in [0.25, 0.3) is 5.91 Å². The standard InChI is InChI=1S/C21H24N4O2/c1-2-5-17-11-19(24-23-17)21(27)25-12-15(20(26)13-25)10-16-9-8-14-6-3-4-7-18(14)22-16/h3-4,6-9,11,15,20,26H,2,5,10,12-13H2,1H3,(H,23,24)/t15-,20-/m1/s1. The lowest BCUT2D eigenvalue weighted by Gasteiger charge is -2.14. The Hall–Kier alpha value is -2.73. The summed E-state index contributed by atoms with van der Waals surface area (Å²) in [7, 11) is 0. The number of carbonyl (C=O) groups is 1. The van der Waals surface area contributed by atoms with Crippen molar-refractivity contribution in [3.05, 3.63) is 59.5 Å². The number of nitrogens with one attached hydrogen (secondary N) is 1. The molecule has 2 N–H and O–H groups in total. The molecule has 1 aliphatic heterocycles. The van der Waals surface area contributed by atoms with Crippen molar-refractivity contribution in [3.8, 4) is 0 Å². The third-order valence-corrected chi connectivity index (χ3v) is 5.19. The molecule has 1 fully saturated rings. The Labute approximate surface area is 158 Å². The van der Waals surface area contributed by atoms with Gasteiger partial charge in [0.2, 0.25) is 0 Å². The second-order valence-electron chi connectivity index (χ2n) is 7.27. The minimum atomic E-state index is -0.545. The summed E-state index contributed by atoms with van der Waals surface area (Å²) in [4.78, 5) is 19.1. The zero-order valence-corrected chi connectivity index (χ0v) is 15.4. The van der Waals surface area contributed by atoms with Crippen LogP contribution in [0.25, 0.3) is 10.9 Å². The molecule has 0 unspecified atom stereocenters. The average Bonchev–Trinajstić information content (AvgIpc) is 3.29. The predicted octanol–water partition coefficient (Wildman–Crippen LogP) is 2.59. The Morgan fingerprint density at radius 1 is 1.26 bits per heavy atom.